The first-order chi connectivity index (χ1) is 17.9. The largest absolute Gasteiger partial charge is 0.495 e. The molecule has 1 heterocycles. The minimum atomic E-state index is -4.69. The quantitative estimate of drug-likeness (QED) is 0.358. The van der Waals surface area contributed by atoms with Crippen LogP contribution in [-0.4, -0.2) is 64.0 Å². The zero-order chi connectivity index (χ0) is 27.9. The van der Waals surface area contributed by atoms with Gasteiger partial charge in [0.05, 0.1) is 36.9 Å². The summed E-state index contributed by atoms with van der Waals surface area (Å²) in [6.45, 7) is 0.628. The van der Waals surface area contributed by atoms with Gasteiger partial charge in [-0.25, -0.2) is 23.1 Å². The van der Waals surface area contributed by atoms with Crippen LogP contribution in [0, 0.1) is 5.92 Å². The first kappa shape index (κ1) is 29.6. The van der Waals surface area contributed by atoms with Gasteiger partial charge in [0.1, 0.15) is 5.75 Å². The van der Waals surface area contributed by atoms with Crippen LogP contribution in [0.2, 0.25) is 0 Å². The number of benzene rings is 1. The van der Waals surface area contributed by atoms with Crippen molar-refractivity contribution in [2.75, 3.05) is 38.9 Å². The van der Waals surface area contributed by atoms with Crippen molar-refractivity contribution in [1.29, 1.82) is 0 Å². The SMILES string of the molecule is COCCNC(=O)c1ccc(OC)c(Nc2ncc(C(F)(F)F)c(C[C@@H]3CCCC[C@H]3NS(C)(=O)=O)n2)c1. The summed E-state index contributed by atoms with van der Waals surface area (Å²) < 4.78 is 77.9. The van der Waals surface area contributed by atoms with Crippen molar-refractivity contribution >= 4 is 27.6 Å². The van der Waals surface area contributed by atoms with Gasteiger partial charge in [0.25, 0.3) is 5.91 Å². The number of anilines is 2. The summed E-state index contributed by atoms with van der Waals surface area (Å²) in [4.78, 5) is 20.5. The lowest BCUT2D eigenvalue weighted by Crippen LogP contribution is -2.42. The molecule has 0 radical (unpaired) electrons. The number of ether oxygens (including phenoxy) is 2. The molecule has 1 aliphatic carbocycles. The molecular formula is C24H32F3N5O5S. The highest BCUT2D eigenvalue weighted by Crippen LogP contribution is 2.36. The Hall–Kier alpha value is -2.97. The zero-order valence-electron chi connectivity index (χ0n) is 21.4. The second-order valence-corrected chi connectivity index (χ2v) is 10.9. The number of amides is 1. The molecule has 14 heteroatoms. The Bertz CT molecular complexity index is 1230. The number of methoxy groups -OCH3 is 2. The molecule has 1 saturated carbocycles. The molecule has 1 amide bonds. The number of alkyl halides is 3. The van der Waals surface area contributed by atoms with E-state index in [1.807, 2.05) is 0 Å². The lowest BCUT2D eigenvalue weighted by atomic mass is 9.81. The summed E-state index contributed by atoms with van der Waals surface area (Å²) in [5.41, 5.74) is -0.653. The van der Waals surface area contributed by atoms with Crippen LogP contribution in [0.4, 0.5) is 24.8 Å². The van der Waals surface area contributed by atoms with E-state index in [1.54, 1.807) is 12.1 Å². The highest BCUT2D eigenvalue weighted by atomic mass is 32.2. The van der Waals surface area contributed by atoms with Crippen LogP contribution in [0.25, 0.3) is 0 Å². The van der Waals surface area contributed by atoms with Gasteiger partial charge in [-0.05, 0) is 43.4 Å². The fourth-order valence-corrected chi connectivity index (χ4v) is 5.30. The van der Waals surface area contributed by atoms with Crippen molar-refractivity contribution in [1.82, 2.24) is 20.0 Å². The van der Waals surface area contributed by atoms with Gasteiger partial charge in [-0.15, -0.1) is 0 Å². The number of aromatic nitrogens is 2. The van der Waals surface area contributed by atoms with E-state index in [0.29, 0.717) is 37.9 Å². The Labute approximate surface area is 219 Å². The molecule has 1 aromatic heterocycles. The summed E-state index contributed by atoms with van der Waals surface area (Å²) in [5, 5.41) is 5.55. The molecule has 1 aromatic carbocycles. The van der Waals surface area contributed by atoms with Gasteiger partial charge in [0.2, 0.25) is 16.0 Å². The monoisotopic (exact) mass is 559 g/mol. The van der Waals surface area contributed by atoms with Crippen molar-refractivity contribution < 1.29 is 35.9 Å². The van der Waals surface area contributed by atoms with Crippen LogP contribution in [-0.2, 0) is 27.4 Å². The molecule has 10 nitrogen and oxygen atoms in total. The van der Waals surface area contributed by atoms with Crippen LogP contribution < -0.4 is 20.1 Å². The molecule has 0 aliphatic heterocycles. The van der Waals surface area contributed by atoms with E-state index in [1.165, 1.54) is 20.3 Å². The van der Waals surface area contributed by atoms with Gasteiger partial charge in [-0.1, -0.05) is 12.8 Å². The maximum Gasteiger partial charge on any atom is 0.419 e. The molecule has 3 N–H and O–H groups in total. The first-order valence-electron chi connectivity index (χ1n) is 12.0. The van der Waals surface area contributed by atoms with Crippen LogP contribution in [0.3, 0.4) is 0 Å². The second-order valence-electron chi connectivity index (χ2n) is 9.09. The Balaban J connectivity index is 1.91. The lowest BCUT2D eigenvalue weighted by molar-refractivity contribution is -0.138. The maximum absolute atomic E-state index is 13.8. The third-order valence-electron chi connectivity index (χ3n) is 6.20. The van der Waals surface area contributed by atoms with Gasteiger partial charge >= 0.3 is 6.18 Å². The van der Waals surface area contributed by atoms with Crippen molar-refractivity contribution in [3.63, 3.8) is 0 Å². The summed E-state index contributed by atoms with van der Waals surface area (Å²) in [6.07, 6.45) is -0.385. The fourth-order valence-electron chi connectivity index (χ4n) is 4.44. The smallest absolute Gasteiger partial charge is 0.419 e. The summed E-state index contributed by atoms with van der Waals surface area (Å²) in [5.74, 6) is -0.528. The lowest BCUT2D eigenvalue weighted by Gasteiger charge is -2.32. The standard InChI is InChI=1S/C24H32F3N5O5S/c1-36-11-10-28-22(33)16-8-9-21(37-2)20(13-16)31-23-29-14-17(24(25,26)27)19(30-23)12-15-6-4-5-7-18(15)32-38(3,34)35/h8-9,13-15,18,32H,4-7,10-12H2,1-3H3,(H,28,33)(H,29,30,31)/t15-,18+/m0/s1. The molecule has 3 rings (SSSR count). The third kappa shape index (κ3) is 8.27. The number of nitrogens with zero attached hydrogens (tertiary/aromatic N) is 2. The van der Waals surface area contributed by atoms with E-state index >= 15 is 0 Å². The van der Waals surface area contributed by atoms with Gasteiger partial charge in [0.15, 0.2) is 0 Å². The number of sulfonamides is 1. The van der Waals surface area contributed by atoms with Gasteiger partial charge < -0.3 is 20.1 Å². The third-order valence-corrected chi connectivity index (χ3v) is 6.93. The summed E-state index contributed by atoms with van der Waals surface area (Å²) in [7, 11) is -0.611. The van der Waals surface area contributed by atoms with Crippen molar-refractivity contribution in [2.24, 2.45) is 5.92 Å². The zero-order valence-corrected chi connectivity index (χ0v) is 22.2. The number of hydrogen-bond acceptors (Lipinski definition) is 8. The predicted octanol–water partition coefficient (Wildman–Crippen LogP) is 3.27. The van der Waals surface area contributed by atoms with E-state index in [9.17, 15) is 26.4 Å². The van der Waals surface area contributed by atoms with E-state index in [-0.39, 0.29) is 41.1 Å². The Morgan fingerprint density at radius 2 is 1.92 bits per heavy atom. The van der Waals surface area contributed by atoms with Crippen LogP contribution in [0.15, 0.2) is 24.4 Å². The average Bonchev–Trinajstić information content (AvgIpc) is 2.84. The fraction of sp³-hybridized carbons (Fsp3) is 0.542. The second kappa shape index (κ2) is 12.7. The van der Waals surface area contributed by atoms with Crippen LogP contribution >= 0.6 is 0 Å². The molecular weight excluding hydrogens is 527 g/mol. The molecule has 210 valence electrons. The first-order valence-corrected chi connectivity index (χ1v) is 13.9. The molecule has 0 spiro atoms. The van der Waals surface area contributed by atoms with E-state index in [0.717, 1.165) is 19.1 Å². The maximum atomic E-state index is 13.8. The van der Waals surface area contributed by atoms with Gasteiger partial charge in [-0.2, -0.15) is 13.2 Å². The highest BCUT2D eigenvalue weighted by Gasteiger charge is 2.37. The van der Waals surface area contributed by atoms with Crippen molar-refractivity contribution in [3.05, 3.63) is 41.2 Å². The molecule has 0 bridgehead atoms. The minimum absolute atomic E-state index is 0.0850. The molecule has 2 atom stereocenters. The Morgan fingerprint density at radius 1 is 1.18 bits per heavy atom. The minimum Gasteiger partial charge on any atom is -0.495 e. The number of nitrogens with one attached hydrogen (secondary N) is 3. The Morgan fingerprint density at radius 3 is 2.58 bits per heavy atom. The molecule has 38 heavy (non-hydrogen) atoms. The van der Waals surface area contributed by atoms with E-state index < -0.39 is 27.8 Å². The molecule has 2 aromatic rings. The van der Waals surface area contributed by atoms with E-state index in [2.05, 4.69) is 25.3 Å². The van der Waals surface area contributed by atoms with Crippen LogP contribution in [0.5, 0.6) is 5.75 Å². The topological polar surface area (TPSA) is 132 Å². The number of carbonyl (C=O) groups is 1. The molecule has 0 saturated heterocycles. The normalized spacial score (nSPS) is 18.2. The van der Waals surface area contributed by atoms with Crippen LogP contribution in [0.1, 0.15) is 47.3 Å². The number of rotatable bonds is 11. The van der Waals surface area contributed by atoms with E-state index in [4.69, 9.17) is 9.47 Å². The number of halogens is 3. The van der Waals surface area contributed by atoms with Crippen molar-refractivity contribution in [3.8, 4) is 5.75 Å². The summed E-state index contributed by atoms with van der Waals surface area (Å²) >= 11 is 0. The van der Waals surface area contributed by atoms with Gasteiger partial charge in [0, 0.05) is 31.5 Å². The average molecular weight is 560 g/mol. The Kier molecular flexibility index (Phi) is 9.90. The molecule has 1 aliphatic rings. The van der Waals surface area contributed by atoms with Gasteiger partial charge in [-0.3, -0.25) is 4.79 Å². The summed E-state index contributed by atoms with van der Waals surface area (Å²) in [6, 6.07) is 4.08. The number of hydrogen-bond donors (Lipinski definition) is 3. The molecule has 1 fully saturated rings. The number of carbonyl (C=O) groups excluding carboxylic acids is 1. The predicted molar refractivity (Wildman–Crippen MR) is 135 cm³/mol. The molecule has 0 unspecified atom stereocenters. The highest BCUT2D eigenvalue weighted by molar-refractivity contribution is 7.88. The van der Waals surface area contributed by atoms with Crippen molar-refractivity contribution in [2.45, 2.75) is 44.3 Å².